The molecular weight excluding hydrogens is 417 g/mol. The maximum atomic E-state index is 14.1. The molecule has 0 unspecified atom stereocenters. The molecule has 32 heavy (non-hydrogen) atoms. The van der Waals surface area contributed by atoms with Gasteiger partial charge < -0.3 is 4.74 Å². The molecule has 1 aliphatic heterocycles. The zero-order chi connectivity index (χ0) is 22.3. The van der Waals surface area contributed by atoms with E-state index in [4.69, 9.17) is 4.74 Å². The van der Waals surface area contributed by atoms with Gasteiger partial charge in [-0.25, -0.2) is 0 Å². The van der Waals surface area contributed by atoms with Crippen LogP contribution < -0.4 is 4.74 Å². The van der Waals surface area contributed by atoms with Gasteiger partial charge >= 0.3 is 6.18 Å². The third-order valence-corrected chi connectivity index (χ3v) is 6.75. The Kier molecular flexibility index (Phi) is 5.57. The van der Waals surface area contributed by atoms with Crippen molar-refractivity contribution in [1.29, 1.82) is 0 Å². The normalized spacial score (nSPS) is 18.4. The van der Waals surface area contributed by atoms with E-state index in [1.54, 1.807) is 19.4 Å². The van der Waals surface area contributed by atoms with Crippen molar-refractivity contribution in [1.82, 2.24) is 19.5 Å². The van der Waals surface area contributed by atoms with Crippen LogP contribution in [-0.2, 0) is 19.1 Å². The van der Waals surface area contributed by atoms with Gasteiger partial charge in [0.05, 0.1) is 7.11 Å². The second-order valence-electron chi connectivity index (χ2n) is 8.96. The number of hydrogen-bond acceptors (Lipinski definition) is 4. The van der Waals surface area contributed by atoms with Crippen molar-refractivity contribution in [2.24, 2.45) is 5.92 Å². The van der Waals surface area contributed by atoms with Gasteiger partial charge in [-0.2, -0.15) is 13.2 Å². The van der Waals surface area contributed by atoms with Crippen LogP contribution in [0.15, 0.2) is 36.5 Å². The second-order valence-corrected chi connectivity index (χ2v) is 8.96. The third-order valence-electron chi connectivity index (χ3n) is 6.75. The fourth-order valence-electron chi connectivity index (χ4n) is 4.85. The maximum absolute atomic E-state index is 14.1. The zero-order valence-electron chi connectivity index (χ0n) is 18.1. The van der Waals surface area contributed by atoms with Gasteiger partial charge in [0.2, 0.25) is 0 Å². The summed E-state index contributed by atoms with van der Waals surface area (Å²) in [5.41, 5.74) is 0.723. The van der Waals surface area contributed by atoms with Crippen LogP contribution in [0.1, 0.15) is 54.1 Å². The number of aromatic nitrogens is 3. The lowest BCUT2D eigenvalue weighted by atomic mass is 9.88. The Morgan fingerprint density at radius 3 is 2.47 bits per heavy atom. The number of hydrogen-bond donors (Lipinski definition) is 0. The van der Waals surface area contributed by atoms with Gasteiger partial charge in [0, 0.05) is 19.2 Å². The predicted octanol–water partition coefficient (Wildman–Crippen LogP) is 5.09. The molecule has 2 aliphatic rings. The fraction of sp³-hybridized carbons (Fsp3) is 0.500. The SMILES string of the molecule is COc1ccccc1C1CCN(Cc2ccn3c(CC4CC4)nnc3c2C(F)(F)F)CC1. The van der Waals surface area contributed by atoms with Crippen LogP contribution in [0.25, 0.3) is 5.65 Å². The number of rotatable bonds is 6. The molecule has 0 spiro atoms. The molecule has 1 saturated carbocycles. The number of benzene rings is 1. The summed E-state index contributed by atoms with van der Waals surface area (Å²) in [6.07, 6.45) is 1.93. The molecule has 0 N–H and O–H groups in total. The average Bonchev–Trinajstić information content (AvgIpc) is 3.52. The Bertz CT molecular complexity index is 1100. The van der Waals surface area contributed by atoms with E-state index in [0.717, 1.165) is 44.5 Å². The van der Waals surface area contributed by atoms with E-state index in [-0.39, 0.29) is 17.8 Å². The maximum Gasteiger partial charge on any atom is 0.420 e. The van der Waals surface area contributed by atoms with Crippen molar-refractivity contribution in [3.8, 4) is 5.75 Å². The Morgan fingerprint density at radius 2 is 1.78 bits per heavy atom. The van der Waals surface area contributed by atoms with Crippen molar-refractivity contribution in [2.45, 2.75) is 50.7 Å². The van der Waals surface area contributed by atoms with E-state index in [2.05, 4.69) is 21.2 Å². The number of piperidine rings is 1. The van der Waals surface area contributed by atoms with Gasteiger partial charge in [0.1, 0.15) is 17.1 Å². The van der Waals surface area contributed by atoms with E-state index in [1.165, 1.54) is 9.96 Å². The first-order chi connectivity index (χ1) is 15.4. The lowest BCUT2D eigenvalue weighted by Crippen LogP contribution is -2.33. The van der Waals surface area contributed by atoms with Crippen LogP contribution in [0, 0.1) is 5.92 Å². The van der Waals surface area contributed by atoms with Gasteiger partial charge in [-0.05, 0) is 73.9 Å². The monoisotopic (exact) mass is 444 g/mol. The minimum atomic E-state index is -4.47. The molecule has 5 nitrogen and oxygen atoms in total. The fourth-order valence-corrected chi connectivity index (χ4v) is 4.85. The standard InChI is InChI=1S/C24H27F3N4O/c1-32-20-5-3-2-4-19(20)17-8-11-30(12-9-17)15-18-10-13-31-21(14-16-6-7-16)28-29-23(31)22(18)24(25,26)27/h2-5,10,13,16-17H,6-9,11-12,14-15H2,1H3. The predicted molar refractivity (Wildman–Crippen MR) is 115 cm³/mol. The molecule has 3 heterocycles. The molecule has 5 rings (SSSR count). The summed E-state index contributed by atoms with van der Waals surface area (Å²) < 4.78 is 49.2. The molecule has 0 radical (unpaired) electrons. The zero-order valence-corrected chi connectivity index (χ0v) is 18.1. The number of alkyl halides is 3. The van der Waals surface area contributed by atoms with Crippen molar-refractivity contribution in [3.63, 3.8) is 0 Å². The summed E-state index contributed by atoms with van der Waals surface area (Å²) in [4.78, 5) is 2.11. The first kappa shape index (κ1) is 21.2. The van der Waals surface area contributed by atoms with Gasteiger partial charge in [0.25, 0.3) is 0 Å². The summed E-state index contributed by atoms with van der Waals surface area (Å²) in [6, 6.07) is 9.60. The van der Waals surface area contributed by atoms with Crippen LogP contribution in [0.5, 0.6) is 5.75 Å². The Morgan fingerprint density at radius 1 is 1.03 bits per heavy atom. The van der Waals surface area contributed by atoms with Gasteiger partial charge in [-0.3, -0.25) is 9.30 Å². The van der Waals surface area contributed by atoms with Crippen LogP contribution in [0.2, 0.25) is 0 Å². The lowest BCUT2D eigenvalue weighted by Gasteiger charge is -2.33. The molecule has 170 valence electrons. The van der Waals surface area contributed by atoms with Gasteiger partial charge in [-0.15, -0.1) is 10.2 Å². The van der Waals surface area contributed by atoms with Crippen LogP contribution in [0.3, 0.4) is 0 Å². The Balaban J connectivity index is 1.35. The van der Waals surface area contributed by atoms with E-state index in [1.807, 2.05) is 18.2 Å². The highest BCUT2D eigenvalue weighted by Gasteiger charge is 2.38. The number of methoxy groups -OCH3 is 1. The largest absolute Gasteiger partial charge is 0.496 e. The number of pyridine rings is 1. The summed E-state index contributed by atoms with van der Waals surface area (Å²) in [5, 5.41) is 8.04. The Labute approximate surface area is 185 Å². The topological polar surface area (TPSA) is 42.7 Å². The van der Waals surface area contributed by atoms with Gasteiger partial charge in [-0.1, -0.05) is 18.2 Å². The molecule has 0 amide bonds. The van der Waals surface area contributed by atoms with Crippen molar-refractivity contribution in [2.75, 3.05) is 20.2 Å². The molecule has 0 bridgehead atoms. The van der Waals surface area contributed by atoms with Crippen molar-refractivity contribution >= 4 is 5.65 Å². The molecule has 1 aromatic carbocycles. The van der Waals surface area contributed by atoms with E-state index in [0.29, 0.717) is 24.1 Å². The molecule has 3 aromatic rings. The van der Waals surface area contributed by atoms with Crippen LogP contribution >= 0.6 is 0 Å². The number of ether oxygens (including phenoxy) is 1. The number of nitrogens with zero attached hydrogens (tertiary/aromatic N) is 4. The van der Waals surface area contributed by atoms with Gasteiger partial charge in [0.15, 0.2) is 5.65 Å². The first-order valence-electron chi connectivity index (χ1n) is 11.2. The summed E-state index contributed by atoms with van der Waals surface area (Å²) in [5.74, 6) is 2.39. The molecule has 2 fully saturated rings. The van der Waals surface area contributed by atoms with Crippen LogP contribution in [-0.4, -0.2) is 39.7 Å². The first-order valence-corrected chi connectivity index (χ1v) is 11.2. The number of fused-ring (bicyclic) bond motifs is 1. The third kappa shape index (κ3) is 4.20. The number of likely N-dealkylation sites (tertiary alicyclic amines) is 1. The second kappa shape index (κ2) is 8.39. The Hall–Kier alpha value is -2.61. The smallest absolute Gasteiger partial charge is 0.420 e. The molecular formula is C24H27F3N4O. The summed E-state index contributed by atoms with van der Waals surface area (Å²) in [6.45, 7) is 1.74. The van der Waals surface area contributed by atoms with E-state index < -0.39 is 11.7 Å². The highest BCUT2D eigenvalue weighted by Crippen LogP contribution is 2.38. The van der Waals surface area contributed by atoms with Crippen LogP contribution in [0.4, 0.5) is 13.2 Å². The van der Waals surface area contributed by atoms with E-state index in [9.17, 15) is 13.2 Å². The number of para-hydroxylation sites is 1. The summed E-state index contributed by atoms with van der Waals surface area (Å²) >= 11 is 0. The molecule has 1 aliphatic carbocycles. The highest BCUT2D eigenvalue weighted by molar-refractivity contribution is 5.53. The highest BCUT2D eigenvalue weighted by atomic mass is 19.4. The van der Waals surface area contributed by atoms with Crippen molar-refractivity contribution in [3.05, 3.63) is 59.0 Å². The molecule has 0 atom stereocenters. The molecule has 1 saturated heterocycles. The van der Waals surface area contributed by atoms with Crippen molar-refractivity contribution < 1.29 is 17.9 Å². The van der Waals surface area contributed by atoms with E-state index >= 15 is 0 Å². The molecule has 8 heteroatoms. The quantitative estimate of drug-likeness (QED) is 0.531. The molecule has 2 aromatic heterocycles. The number of halogens is 3. The minimum absolute atomic E-state index is 0.0745. The average molecular weight is 445 g/mol. The lowest BCUT2D eigenvalue weighted by molar-refractivity contribution is -0.137. The minimum Gasteiger partial charge on any atom is -0.496 e. The summed E-state index contributed by atoms with van der Waals surface area (Å²) in [7, 11) is 1.67.